The second-order valence-electron chi connectivity index (χ2n) is 3.57. The average molecular weight is 235 g/mol. The summed E-state index contributed by atoms with van der Waals surface area (Å²) in [5.74, 6) is -1.04. The first-order valence-electron chi connectivity index (χ1n) is 4.99. The number of aromatic nitrogens is 1. The second kappa shape index (κ2) is 4.37. The van der Waals surface area contributed by atoms with Crippen molar-refractivity contribution in [1.82, 2.24) is 4.98 Å². The van der Waals surface area contributed by atoms with Gasteiger partial charge in [-0.25, -0.2) is 4.39 Å². The van der Waals surface area contributed by atoms with E-state index in [0.29, 0.717) is 11.2 Å². The summed E-state index contributed by atoms with van der Waals surface area (Å²) in [6.07, 6.45) is -0.0435. The Kier molecular flexibility index (Phi) is 2.91. The van der Waals surface area contributed by atoms with Gasteiger partial charge in [-0.3, -0.25) is 9.59 Å². The highest BCUT2D eigenvalue weighted by atomic mass is 19.1. The predicted octanol–water partition coefficient (Wildman–Crippen LogP) is 1.38. The molecule has 0 spiro atoms. The molecule has 0 unspecified atom stereocenters. The fraction of sp³-hybridized carbons (Fsp3) is 0.167. The molecule has 0 aliphatic heterocycles. The Morgan fingerprint density at radius 2 is 2.24 bits per heavy atom. The maximum Gasteiger partial charge on any atom is 0.311 e. The zero-order valence-electron chi connectivity index (χ0n) is 9.12. The summed E-state index contributed by atoms with van der Waals surface area (Å²) >= 11 is 0. The number of carbonyl (C=O) groups is 1. The van der Waals surface area contributed by atoms with Crippen molar-refractivity contribution in [3.63, 3.8) is 0 Å². The third-order valence-electron chi connectivity index (χ3n) is 2.42. The van der Waals surface area contributed by atoms with E-state index >= 15 is 0 Å². The molecule has 2 aromatic rings. The number of hydrogen-bond acceptors (Lipinski definition) is 3. The number of halogens is 1. The number of H-pyrrole nitrogens is 1. The molecule has 5 heteroatoms. The SMILES string of the molecule is COC(=O)Cc1cc(=O)c2c(F)cccc2[nH]1. The van der Waals surface area contributed by atoms with Gasteiger partial charge in [0.25, 0.3) is 0 Å². The van der Waals surface area contributed by atoms with Crippen molar-refractivity contribution >= 4 is 16.9 Å². The summed E-state index contributed by atoms with van der Waals surface area (Å²) in [5, 5.41) is 0.00103. The molecule has 0 bridgehead atoms. The van der Waals surface area contributed by atoms with E-state index in [0.717, 1.165) is 0 Å². The molecule has 88 valence electrons. The van der Waals surface area contributed by atoms with Crippen LogP contribution in [0.5, 0.6) is 0 Å². The Balaban J connectivity index is 2.57. The van der Waals surface area contributed by atoms with Crippen LogP contribution in [0.1, 0.15) is 5.69 Å². The number of ether oxygens (including phenoxy) is 1. The maximum atomic E-state index is 13.4. The molecular weight excluding hydrogens is 225 g/mol. The van der Waals surface area contributed by atoms with Crippen molar-refractivity contribution in [2.45, 2.75) is 6.42 Å². The molecule has 0 saturated carbocycles. The largest absolute Gasteiger partial charge is 0.469 e. The minimum Gasteiger partial charge on any atom is -0.469 e. The second-order valence-corrected chi connectivity index (χ2v) is 3.57. The summed E-state index contributed by atoms with van der Waals surface area (Å²) in [7, 11) is 1.27. The predicted molar refractivity (Wildman–Crippen MR) is 60.2 cm³/mol. The van der Waals surface area contributed by atoms with Crippen LogP contribution >= 0.6 is 0 Å². The number of methoxy groups -OCH3 is 1. The van der Waals surface area contributed by atoms with Gasteiger partial charge in [0.1, 0.15) is 5.82 Å². The van der Waals surface area contributed by atoms with Crippen molar-refractivity contribution in [1.29, 1.82) is 0 Å². The number of rotatable bonds is 2. The number of esters is 1. The molecule has 2 rings (SSSR count). The number of nitrogens with one attached hydrogen (secondary N) is 1. The Hall–Kier alpha value is -2.17. The molecule has 1 heterocycles. The van der Waals surface area contributed by atoms with E-state index in [1.54, 1.807) is 6.07 Å². The highest BCUT2D eigenvalue weighted by molar-refractivity contribution is 5.80. The Bertz CT molecular complexity index is 633. The molecule has 1 N–H and O–H groups in total. The minimum atomic E-state index is -0.576. The molecule has 0 amide bonds. The summed E-state index contributed by atoms with van der Waals surface area (Å²) in [6, 6.07) is 5.51. The summed E-state index contributed by atoms with van der Waals surface area (Å²) in [5.41, 5.74) is 0.326. The standard InChI is InChI=1S/C12H10FNO3/c1-17-11(16)6-7-5-10(15)12-8(13)3-2-4-9(12)14-7/h2-5H,6H2,1H3,(H,14,15). The maximum absolute atomic E-state index is 13.4. The van der Waals surface area contributed by atoms with E-state index in [4.69, 9.17) is 0 Å². The number of aromatic amines is 1. The Morgan fingerprint density at radius 3 is 2.94 bits per heavy atom. The summed E-state index contributed by atoms with van der Waals surface area (Å²) in [4.78, 5) is 25.6. The summed E-state index contributed by atoms with van der Waals surface area (Å²) in [6.45, 7) is 0. The van der Waals surface area contributed by atoms with Crippen LogP contribution in [0.3, 0.4) is 0 Å². The fourth-order valence-corrected chi connectivity index (χ4v) is 1.64. The lowest BCUT2D eigenvalue weighted by Gasteiger charge is -2.03. The minimum absolute atomic E-state index is 0.00103. The Labute approximate surface area is 96.0 Å². The van der Waals surface area contributed by atoms with Crippen LogP contribution in [0, 0.1) is 5.82 Å². The van der Waals surface area contributed by atoms with Crippen LogP contribution in [-0.4, -0.2) is 18.1 Å². The van der Waals surface area contributed by atoms with Crippen molar-refractivity contribution < 1.29 is 13.9 Å². The first-order valence-corrected chi connectivity index (χ1v) is 4.99. The average Bonchev–Trinajstić information content (AvgIpc) is 2.28. The zero-order valence-corrected chi connectivity index (χ0v) is 9.12. The molecular formula is C12H10FNO3. The highest BCUT2D eigenvalue weighted by Crippen LogP contribution is 2.12. The van der Waals surface area contributed by atoms with E-state index in [2.05, 4.69) is 9.72 Å². The third-order valence-corrected chi connectivity index (χ3v) is 2.42. The van der Waals surface area contributed by atoms with Gasteiger partial charge in [-0.2, -0.15) is 0 Å². The van der Waals surface area contributed by atoms with Crippen LogP contribution in [-0.2, 0) is 16.0 Å². The molecule has 0 aliphatic carbocycles. The van der Waals surface area contributed by atoms with Gasteiger partial charge in [0.15, 0.2) is 5.43 Å². The number of fused-ring (bicyclic) bond motifs is 1. The van der Waals surface area contributed by atoms with E-state index in [9.17, 15) is 14.0 Å². The topological polar surface area (TPSA) is 59.2 Å². The van der Waals surface area contributed by atoms with E-state index in [1.165, 1.54) is 25.3 Å². The van der Waals surface area contributed by atoms with Crippen molar-refractivity contribution in [3.8, 4) is 0 Å². The molecule has 0 saturated heterocycles. The molecule has 17 heavy (non-hydrogen) atoms. The van der Waals surface area contributed by atoms with Crippen LogP contribution in [0.2, 0.25) is 0 Å². The first-order chi connectivity index (χ1) is 8.11. The van der Waals surface area contributed by atoms with E-state index < -0.39 is 17.2 Å². The third kappa shape index (κ3) is 2.18. The van der Waals surface area contributed by atoms with Gasteiger partial charge in [-0.15, -0.1) is 0 Å². The molecule has 0 fully saturated rings. The zero-order chi connectivity index (χ0) is 12.4. The summed E-state index contributed by atoms with van der Waals surface area (Å²) < 4.78 is 17.9. The van der Waals surface area contributed by atoms with Crippen LogP contribution in [0.25, 0.3) is 10.9 Å². The van der Waals surface area contributed by atoms with Crippen molar-refractivity contribution in [3.05, 3.63) is 46.0 Å². The van der Waals surface area contributed by atoms with Crippen LogP contribution in [0.15, 0.2) is 29.1 Å². The van der Waals surface area contributed by atoms with Crippen molar-refractivity contribution in [2.24, 2.45) is 0 Å². The van der Waals surface area contributed by atoms with E-state index in [-0.39, 0.29) is 11.8 Å². The van der Waals surface area contributed by atoms with Crippen LogP contribution in [0.4, 0.5) is 4.39 Å². The highest BCUT2D eigenvalue weighted by Gasteiger charge is 2.09. The molecule has 0 atom stereocenters. The van der Waals surface area contributed by atoms with Gasteiger partial charge in [-0.05, 0) is 12.1 Å². The first kappa shape index (κ1) is 11.3. The normalized spacial score (nSPS) is 10.5. The molecule has 1 aromatic heterocycles. The smallest absolute Gasteiger partial charge is 0.311 e. The number of hydrogen-bond donors (Lipinski definition) is 1. The number of benzene rings is 1. The van der Waals surface area contributed by atoms with Gasteiger partial charge < -0.3 is 9.72 Å². The van der Waals surface area contributed by atoms with Crippen molar-refractivity contribution in [2.75, 3.05) is 7.11 Å². The Morgan fingerprint density at radius 1 is 1.47 bits per heavy atom. The van der Waals surface area contributed by atoms with Gasteiger partial charge in [0.05, 0.1) is 24.4 Å². The van der Waals surface area contributed by atoms with Gasteiger partial charge in [-0.1, -0.05) is 6.07 Å². The molecule has 0 aliphatic rings. The number of pyridine rings is 1. The molecule has 0 radical (unpaired) electrons. The molecule has 1 aromatic carbocycles. The monoisotopic (exact) mass is 235 g/mol. The number of carbonyl (C=O) groups excluding carboxylic acids is 1. The lowest BCUT2D eigenvalue weighted by Crippen LogP contribution is -2.11. The van der Waals surface area contributed by atoms with Gasteiger partial charge in [0, 0.05) is 11.8 Å². The lowest BCUT2D eigenvalue weighted by atomic mass is 10.1. The quantitative estimate of drug-likeness (QED) is 0.800. The van der Waals surface area contributed by atoms with Gasteiger partial charge >= 0.3 is 5.97 Å². The van der Waals surface area contributed by atoms with Gasteiger partial charge in [0.2, 0.25) is 0 Å². The van der Waals surface area contributed by atoms with Crippen LogP contribution < -0.4 is 5.43 Å². The van der Waals surface area contributed by atoms with E-state index in [1.807, 2.05) is 0 Å². The lowest BCUT2D eigenvalue weighted by molar-refractivity contribution is -0.139. The molecule has 4 nitrogen and oxygen atoms in total. The fourth-order valence-electron chi connectivity index (χ4n) is 1.64.